The molecular weight excluding hydrogens is 340 g/mol. The number of hydrogen-bond acceptors (Lipinski definition) is 3. The molecule has 1 unspecified atom stereocenters. The van der Waals surface area contributed by atoms with E-state index in [0.717, 1.165) is 13.0 Å². The van der Waals surface area contributed by atoms with Crippen molar-refractivity contribution < 1.29 is 8.42 Å². The molecule has 7 heteroatoms. The number of nitrogens with one attached hydrogen (secondary N) is 1. The zero-order valence-corrected chi connectivity index (χ0v) is 13.0. The largest absolute Gasteiger partial charge is 0.315 e. The topological polar surface area (TPSA) is 49.4 Å². The highest BCUT2D eigenvalue weighted by molar-refractivity contribution is 9.10. The lowest BCUT2D eigenvalue weighted by Crippen LogP contribution is -2.38. The van der Waals surface area contributed by atoms with E-state index in [2.05, 4.69) is 21.2 Å². The van der Waals surface area contributed by atoms with Crippen LogP contribution in [0, 0.1) is 0 Å². The van der Waals surface area contributed by atoms with Crippen LogP contribution in [0.4, 0.5) is 0 Å². The first-order valence-electron chi connectivity index (χ1n) is 5.57. The van der Waals surface area contributed by atoms with Gasteiger partial charge in [-0.25, -0.2) is 8.42 Å². The maximum absolute atomic E-state index is 12.5. The van der Waals surface area contributed by atoms with Gasteiger partial charge in [0.1, 0.15) is 4.90 Å². The van der Waals surface area contributed by atoms with Gasteiger partial charge in [-0.2, -0.15) is 4.31 Å². The van der Waals surface area contributed by atoms with Gasteiger partial charge in [0.15, 0.2) is 0 Å². The van der Waals surface area contributed by atoms with Crippen molar-refractivity contribution in [1.82, 2.24) is 9.62 Å². The summed E-state index contributed by atoms with van der Waals surface area (Å²) in [6.45, 7) is 1.53. The molecule has 1 N–H and O–H groups in total. The smallest absolute Gasteiger partial charge is 0.244 e. The minimum Gasteiger partial charge on any atom is -0.315 e. The third kappa shape index (κ3) is 2.58. The molecule has 1 aliphatic heterocycles. The van der Waals surface area contributed by atoms with Crippen LogP contribution in [0.5, 0.6) is 0 Å². The fourth-order valence-electron chi connectivity index (χ4n) is 1.98. The van der Waals surface area contributed by atoms with E-state index in [1.807, 2.05) is 0 Å². The van der Waals surface area contributed by atoms with Gasteiger partial charge in [-0.1, -0.05) is 17.7 Å². The molecule has 100 valence electrons. The molecule has 18 heavy (non-hydrogen) atoms. The van der Waals surface area contributed by atoms with Crippen LogP contribution in [0.15, 0.2) is 27.6 Å². The maximum atomic E-state index is 12.5. The van der Waals surface area contributed by atoms with E-state index >= 15 is 0 Å². The molecular formula is C11H14BrClN2O2S. The highest BCUT2D eigenvalue weighted by Gasteiger charge is 2.31. The molecule has 0 saturated carbocycles. The monoisotopic (exact) mass is 352 g/mol. The molecule has 0 bridgehead atoms. The highest BCUT2D eigenvalue weighted by atomic mass is 79.9. The number of sulfonamides is 1. The minimum absolute atomic E-state index is 0.00921. The second kappa shape index (κ2) is 5.46. The van der Waals surface area contributed by atoms with Crippen LogP contribution in [0.2, 0.25) is 5.02 Å². The van der Waals surface area contributed by atoms with Crippen molar-refractivity contribution in [2.24, 2.45) is 0 Å². The molecule has 1 aliphatic rings. The SMILES string of the molecule is CN(C1CCNC1)S(=O)(=O)c1cccc(Br)c1Cl. The number of nitrogens with zero attached hydrogens (tertiary/aromatic N) is 1. The third-order valence-electron chi connectivity index (χ3n) is 3.12. The molecule has 1 aromatic carbocycles. The molecule has 0 amide bonds. The summed E-state index contributed by atoms with van der Waals surface area (Å²) in [7, 11) is -1.94. The van der Waals surface area contributed by atoms with Crippen molar-refractivity contribution >= 4 is 37.6 Å². The van der Waals surface area contributed by atoms with Crippen LogP contribution in [-0.2, 0) is 10.0 Å². The summed E-state index contributed by atoms with van der Waals surface area (Å²) in [5.74, 6) is 0. The van der Waals surface area contributed by atoms with E-state index in [9.17, 15) is 8.42 Å². The lowest BCUT2D eigenvalue weighted by molar-refractivity contribution is 0.388. The standard InChI is InChI=1S/C11H14BrClN2O2S/c1-15(8-5-6-14-7-8)18(16,17)10-4-2-3-9(12)11(10)13/h2-4,8,14H,5-7H2,1H3. The Labute approximate surface area is 120 Å². The van der Waals surface area contributed by atoms with Gasteiger partial charge in [0.05, 0.1) is 5.02 Å². The van der Waals surface area contributed by atoms with E-state index in [1.54, 1.807) is 19.2 Å². The fourth-order valence-corrected chi connectivity index (χ4v) is 4.37. The zero-order chi connectivity index (χ0) is 13.3. The molecule has 1 heterocycles. The van der Waals surface area contributed by atoms with Gasteiger partial charge in [0, 0.05) is 24.1 Å². The first-order chi connectivity index (χ1) is 8.44. The van der Waals surface area contributed by atoms with Crippen molar-refractivity contribution in [3.05, 3.63) is 27.7 Å². The molecule has 1 fully saturated rings. The summed E-state index contributed by atoms with van der Waals surface area (Å²) in [5.41, 5.74) is 0. The first kappa shape index (κ1) is 14.3. The summed E-state index contributed by atoms with van der Waals surface area (Å²) in [6.07, 6.45) is 0.821. The molecule has 0 aromatic heterocycles. The summed E-state index contributed by atoms with van der Waals surface area (Å²) >= 11 is 9.30. The van der Waals surface area contributed by atoms with E-state index in [4.69, 9.17) is 11.6 Å². The van der Waals surface area contributed by atoms with E-state index in [-0.39, 0.29) is 16.0 Å². The quantitative estimate of drug-likeness (QED) is 0.905. The normalized spacial score (nSPS) is 20.6. The lowest BCUT2D eigenvalue weighted by atomic mass is 10.3. The highest BCUT2D eigenvalue weighted by Crippen LogP contribution is 2.31. The molecule has 0 aliphatic carbocycles. The van der Waals surface area contributed by atoms with Gasteiger partial charge in [0.2, 0.25) is 10.0 Å². The minimum atomic E-state index is -3.54. The van der Waals surface area contributed by atoms with Gasteiger partial charge < -0.3 is 5.32 Å². The Balaban J connectivity index is 2.38. The van der Waals surface area contributed by atoms with Crippen molar-refractivity contribution in [2.75, 3.05) is 20.1 Å². The molecule has 4 nitrogen and oxygen atoms in total. The number of hydrogen-bond donors (Lipinski definition) is 1. The van der Waals surface area contributed by atoms with Gasteiger partial charge in [-0.3, -0.25) is 0 Å². The second-order valence-electron chi connectivity index (χ2n) is 4.22. The van der Waals surface area contributed by atoms with Crippen LogP contribution in [-0.4, -0.2) is 38.9 Å². The van der Waals surface area contributed by atoms with Crippen LogP contribution in [0.25, 0.3) is 0 Å². The van der Waals surface area contributed by atoms with Crippen LogP contribution < -0.4 is 5.32 Å². The van der Waals surface area contributed by atoms with Crippen LogP contribution in [0.1, 0.15) is 6.42 Å². The third-order valence-corrected chi connectivity index (χ3v) is 6.48. The van der Waals surface area contributed by atoms with Crippen molar-refractivity contribution in [2.45, 2.75) is 17.4 Å². The molecule has 0 radical (unpaired) electrons. The summed E-state index contributed by atoms with van der Waals surface area (Å²) in [6, 6.07) is 4.91. The molecule has 2 rings (SSSR count). The second-order valence-corrected chi connectivity index (χ2v) is 7.42. The Bertz CT molecular complexity index is 544. The van der Waals surface area contributed by atoms with Crippen molar-refractivity contribution in [3.63, 3.8) is 0 Å². The average molecular weight is 354 g/mol. The summed E-state index contributed by atoms with van der Waals surface area (Å²) < 4.78 is 27.0. The van der Waals surface area contributed by atoms with Crippen molar-refractivity contribution in [1.29, 1.82) is 0 Å². The summed E-state index contributed by atoms with van der Waals surface area (Å²) in [4.78, 5) is 0.146. The van der Waals surface area contributed by atoms with Gasteiger partial charge in [-0.05, 0) is 41.0 Å². The Morgan fingerprint density at radius 2 is 2.22 bits per heavy atom. The Kier molecular flexibility index (Phi) is 4.33. The number of likely N-dealkylation sites (N-methyl/N-ethyl adjacent to an activating group) is 1. The molecule has 1 atom stereocenters. The van der Waals surface area contributed by atoms with Gasteiger partial charge >= 0.3 is 0 Å². The van der Waals surface area contributed by atoms with Crippen LogP contribution >= 0.6 is 27.5 Å². The Morgan fingerprint density at radius 3 is 2.83 bits per heavy atom. The molecule has 1 saturated heterocycles. The lowest BCUT2D eigenvalue weighted by Gasteiger charge is -2.23. The zero-order valence-electron chi connectivity index (χ0n) is 9.86. The van der Waals surface area contributed by atoms with E-state index < -0.39 is 10.0 Å². The number of halogens is 2. The van der Waals surface area contributed by atoms with E-state index in [1.165, 1.54) is 10.4 Å². The van der Waals surface area contributed by atoms with Crippen LogP contribution in [0.3, 0.4) is 0 Å². The van der Waals surface area contributed by atoms with Gasteiger partial charge in [-0.15, -0.1) is 0 Å². The first-order valence-corrected chi connectivity index (χ1v) is 8.18. The average Bonchev–Trinajstić information content (AvgIpc) is 2.85. The number of rotatable bonds is 3. The van der Waals surface area contributed by atoms with Gasteiger partial charge in [0.25, 0.3) is 0 Å². The van der Waals surface area contributed by atoms with E-state index in [0.29, 0.717) is 11.0 Å². The summed E-state index contributed by atoms with van der Waals surface area (Å²) in [5, 5.41) is 3.39. The maximum Gasteiger partial charge on any atom is 0.244 e. The predicted molar refractivity (Wildman–Crippen MR) is 75.4 cm³/mol. The number of benzene rings is 1. The Morgan fingerprint density at radius 1 is 1.50 bits per heavy atom. The molecule has 0 spiro atoms. The Hall–Kier alpha value is -0.140. The molecule has 1 aromatic rings. The van der Waals surface area contributed by atoms with Crippen molar-refractivity contribution in [3.8, 4) is 0 Å². The predicted octanol–water partition coefficient (Wildman–Crippen LogP) is 2.08. The fraction of sp³-hybridized carbons (Fsp3) is 0.455.